The Balaban J connectivity index is 2.51. The summed E-state index contributed by atoms with van der Waals surface area (Å²) in [5.41, 5.74) is 0.118. The van der Waals surface area contributed by atoms with Gasteiger partial charge in [0.05, 0.1) is 6.26 Å². The number of hydrogen-bond donors (Lipinski definition) is 1. The molecule has 7 heteroatoms. The van der Waals surface area contributed by atoms with Gasteiger partial charge in [-0.2, -0.15) is 0 Å². The van der Waals surface area contributed by atoms with Crippen molar-refractivity contribution in [3.05, 3.63) is 47.7 Å². The zero-order valence-corrected chi connectivity index (χ0v) is 18.4. The van der Waals surface area contributed by atoms with Gasteiger partial charge in [0.25, 0.3) is 0 Å². The maximum atomic E-state index is 13.6. The molecule has 0 fully saturated rings. The number of amides is 2. The van der Waals surface area contributed by atoms with Crippen LogP contribution in [-0.4, -0.2) is 32.3 Å². The van der Waals surface area contributed by atoms with Crippen LogP contribution >= 0.6 is 0 Å². The van der Waals surface area contributed by atoms with Gasteiger partial charge in [0.1, 0.15) is 0 Å². The molecule has 0 saturated carbocycles. The second kappa shape index (κ2) is 9.35. The van der Waals surface area contributed by atoms with Gasteiger partial charge in [0.2, 0.25) is 8.32 Å². The minimum absolute atomic E-state index is 0.0657. The molecule has 0 aromatic heterocycles. The number of halogens is 2. The molecule has 0 heterocycles. The molecule has 0 aliphatic rings. The van der Waals surface area contributed by atoms with Gasteiger partial charge in [0, 0.05) is 25.2 Å². The summed E-state index contributed by atoms with van der Waals surface area (Å²) in [6, 6.07) is 3.50. The van der Waals surface area contributed by atoms with Crippen molar-refractivity contribution in [1.82, 2.24) is 10.2 Å². The predicted molar refractivity (Wildman–Crippen MR) is 108 cm³/mol. The Hall–Kier alpha value is -1.89. The molecule has 0 bridgehead atoms. The summed E-state index contributed by atoms with van der Waals surface area (Å²) in [6.07, 6.45) is 4.29. The molecule has 152 valence electrons. The summed E-state index contributed by atoms with van der Waals surface area (Å²) in [5, 5.41) is 2.74. The summed E-state index contributed by atoms with van der Waals surface area (Å²) in [5.74, 6) is -1.85. The Labute approximate surface area is 162 Å². The van der Waals surface area contributed by atoms with Crippen molar-refractivity contribution in [2.75, 3.05) is 7.05 Å². The number of carbonyl (C=O) groups is 1. The first-order valence-corrected chi connectivity index (χ1v) is 12.0. The highest BCUT2D eigenvalue weighted by Crippen LogP contribution is 2.36. The van der Waals surface area contributed by atoms with Crippen LogP contribution in [0.25, 0.3) is 0 Å². The van der Waals surface area contributed by atoms with Crippen LogP contribution in [0.1, 0.15) is 39.7 Å². The van der Waals surface area contributed by atoms with Gasteiger partial charge in [-0.25, -0.2) is 13.6 Å². The summed E-state index contributed by atoms with van der Waals surface area (Å²) >= 11 is 0. The molecule has 2 amide bonds. The molecule has 1 rings (SSSR count). The fourth-order valence-corrected chi connectivity index (χ4v) is 2.78. The van der Waals surface area contributed by atoms with Crippen LogP contribution in [0.15, 0.2) is 30.5 Å². The second-order valence-corrected chi connectivity index (χ2v) is 13.1. The molecule has 0 aliphatic heterocycles. The Bertz CT molecular complexity index is 672. The van der Waals surface area contributed by atoms with Crippen molar-refractivity contribution in [2.24, 2.45) is 0 Å². The first-order chi connectivity index (χ1) is 12.4. The van der Waals surface area contributed by atoms with Crippen LogP contribution in [0.2, 0.25) is 18.1 Å². The molecule has 0 radical (unpaired) electrons. The molecule has 1 atom stereocenters. The maximum Gasteiger partial charge on any atom is 0.317 e. The molecule has 4 nitrogen and oxygen atoms in total. The molecular weight excluding hydrogens is 366 g/mol. The molecular formula is C20H32F2N2O2Si. The van der Waals surface area contributed by atoms with Gasteiger partial charge in [-0.05, 0) is 43.6 Å². The molecule has 27 heavy (non-hydrogen) atoms. The Morgan fingerprint density at radius 1 is 1.33 bits per heavy atom. The zero-order valence-electron chi connectivity index (χ0n) is 17.4. The summed E-state index contributed by atoms with van der Waals surface area (Å²) < 4.78 is 32.8. The van der Waals surface area contributed by atoms with Gasteiger partial charge < -0.3 is 14.6 Å². The fraction of sp³-hybridized carbons (Fsp3) is 0.550. The summed E-state index contributed by atoms with van der Waals surface area (Å²) in [7, 11) is -0.161. The van der Waals surface area contributed by atoms with E-state index in [0.717, 1.165) is 6.07 Å². The number of nitrogens with one attached hydrogen (secondary N) is 1. The normalized spacial score (nSPS) is 13.5. The topological polar surface area (TPSA) is 41.6 Å². The van der Waals surface area contributed by atoms with E-state index >= 15 is 0 Å². The highest BCUT2D eigenvalue weighted by molar-refractivity contribution is 6.74. The highest BCUT2D eigenvalue weighted by atomic mass is 28.4. The maximum absolute atomic E-state index is 13.6. The minimum atomic E-state index is -1.83. The number of benzene rings is 1. The molecule has 1 aromatic carbocycles. The van der Waals surface area contributed by atoms with Crippen LogP contribution in [0.4, 0.5) is 13.6 Å². The van der Waals surface area contributed by atoms with E-state index in [1.807, 2.05) is 13.0 Å². The Kier molecular flexibility index (Phi) is 8.01. The van der Waals surface area contributed by atoms with Crippen LogP contribution in [-0.2, 0) is 11.0 Å². The van der Waals surface area contributed by atoms with E-state index in [1.165, 1.54) is 17.0 Å². The molecule has 1 unspecified atom stereocenters. The van der Waals surface area contributed by atoms with E-state index in [1.54, 1.807) is 13.3 Å². The summed E-state index contributed by atoms with van der Waals surface area (Å²) in [4.78, 5) is 13.8. The Morgan fingerprint density at radius 3 is 2.56 bits per heavy atom. The lowest BCUT2D eigenvalue weighted by molar-refractivity contribution is 0.193. The van der Waals surface area contributed by atoms with Gasteiger partial charge in [0.15, 0.2) is 11.6 Å². The van der Waals surface area contributed by atoms with Crippen molar-refractivity contribution >= 4 is 14.3 Å². The molecule has 0 aliphatic carbocycles. The fourth-order valence-electron chi connectivity index (χ4n) is 1.99. The lowest BCUT2D eigenvalue weighted by Crippen LogP contribution is -2.42. The predicted octanol–water partition coefficient (Wildman–Crippen LogP) is 5.42. The van der Waals surface area contributed by atoms with Crippen LogP contribution in [0.3, 0.4) is 0 Å². The van der Waals surface area contributed by atoms with Crippen LogP contribution in [0, 0.1) is 11.6 Å². The van der Waals surface area contributed by atoms with E-state index in [0.29, 0.717) is 6.42 Å². The third-order valence-electron chi connectivity index (χ3n) is 5.19. The third-order valence-corrected chi connectivity index (χ3v) is 9.52. The third kappa shape index (κ3) is 6.64. The highest BCUT2D eigenvalue weighted by Gasteiger charge is 2.37. The van der Waals surface area contributed by atoms with Gasteiger partial charge in [-0.15, -0.1) is 0 Å². The Morgan fingerprint density at radius 2 is 1.96 bits per heavy atom. The zero-order chi connectivity index (χ0) is 20.8. The lowest BCUT2D eigenvalue weighted by atomic mass is 10.2. The van der Waals surface area contributed by atoms with Crippen molar-refractivity contribution in [3.8, 4) is 0 Å². The number of carbonyl (C=O) groups excluding carboxylic acids is 1. The minimum Gasteiger partial charge on any atom is -0.549 e. The second-order valence-electron chi connectivity index (χ2n) is 8.32. The number of nitrogens with zero attached hydrogens (tertiary/aromatic N) is 1. The van der Waals surface area contributed by atoms with Crippen molar-refractivity contribution in [2.45, 2.75) is 64.8 Å². The average Bonchev–Trinajstić information content (AvgIpc) is 2.57. The van der Waals surface area contributed by atoms with E-state index in [9.17, 15) is 13.6 Å². The van der Waals surface area contributed by atoms with Gasteiger partial charge in [-0.3, -0.25) is 0 Å². The monoisotopic (exact) mass is 398 g/mol. The van der Waals surface area contributed by atoms with E-state index in [4.69, 9.17) is 4.43 Å². The first kappa shape index (κ1) is 23.1. The van der Waals surface area contributed by atoms with E-state index in [-0.39, 0.29) is 29.2 Å². The van der Waals surface area contributed by atoms with Crippen LogP contribution in [0.5, 0.6) is 0 Å². The smallest absolute Gasteiger partial charge is 0.317 e. The molecule has 1 aromatic rings. The van der Waals surface area contributed by atoms with Crippen LogP contribution < -0.4 is 5.32 Å². The molecule has 0 saturated heterocycles. The first-order valence-electron chi connectivity index (χ1n) is 9.13. The number of urea groups is 1. The van der Waals surface area contributed by atoms with Crippen molar-refractivity contribution in [3.63, 3.8) is 0 Å². The molecule has 0 spiro atoms. The average molecular weight is 399 g/mol. The van der Waals surface area contributed by atoms with Crippen molar-refractivity contribution in [1.29, 1.82) is 0 Å². The largest absolute Gasteiger partial charge is 0.549 e. The van der Waals surface area contributed by atoms with Crippen molar-refractivity contribution < 1.29 is 18.0 Å². The van der Waals surface area contributed by atoms with Gasteiger partial charge in [-0.1, -0.05) is 32.9 Å². The summed E-state index contributed by atoms with van der Waals surface area (Å²) in [6.45, 7) is 12.7. The standard InChI is InChI=1S/C20H32F2N2O2Si/c1-15(10-9-13-26-27(6,7)20(2,3)4)24(5)19(25)23-14-16-11-8-12-17(21)18(16)22/h8-9,11-13,15H,10,14H2,1-7H3,(H,23,25). The lowest BCUT2D eigenvalue weighted by Gasteiger charge is -2.35. The SMILES string of the molecule is CC(CC=CO[Si](C)(C)C(C)(C)C)N(C)C(=O)NCc1cccc(F)c1F. The number of rotatable bonds is 7. The number of hydrogen-bond acceptors (Lipinski definition) is 2. The quantitative estimate of drug-likeness (QED) is 0.492. The van der Waals surface area contributed by atoms with E-state index < -0.39 is 20.0 Å². The van der Waals surface area contributed by atoms with Gasteiger partial charge >= 0.3 is 6.03 Å². The molecule has 1 N–H and O–H groups in total. The van der Waals surface area contributed by atoms with E-state index in [2.05, 4.69) is 39.2 Å².